The van der Waals surface area contributed by atoms with Crippen molar-refractivity contribution >= 4 is 12.4 Å². The van der Waals surface area contributed by atoms with Gasteiger partial charge < -0.3 is 19.2 Å². The summed E-state index contributed by atoms with van der Waals surface area (Å²) in [5.41, 5.74) is -0.522. The number of morpholine rings is 1. The van der Waals surface area contributed by atoms with E-state index < -0.39 is 17.8 Å². The lowest BCUT2D eigenvalue weighted by molar-refractivity contribution is -0.126. The van der Waals surface area contributed by atoms with Crippen LogP contribution in [-0.4, -0.2) is 48.2 Å². The van der Waals surface area contributed by atoms with Crippen LogP contribution in [-0.2, 0) is 14.3 Å². The molecule has 0 N–H and O–H groups in total. The summed E-state index contributed by atoms with van der Waals surface area (Å²) in [7, 11) is 0. The minimum atomic E-state index is -0.538. The summed E-state index contributed by atoms with van der Waals surface area (Å²) in [5, 5.41) is 0. The maximum absolute atomic E-state index is 11.8. The fourth-order valence-corrected chi connectivity index (χ4v) is 1.44. The van der Waals surface area contributed by atoms with E-state index in [2.05, 4.69) is 0 Å². The molecule has 5 nitrogen and oxygen atoms in total. The Morgan fingerprint density at radius 1 is 1.50 bits per heavy atom. The number of carbonyl (C=O) groups is 2. The smallest absolute Gasteiger partial charge is 0.410 e. The van der Waals surface area contributed by atoms with Crippen LogP contribution < -0.4 is 0 Å². The number of hydrogen-bond donors (Lipinski definition) is 0. The van der Waals surface area contributed by atoms with E-state index in [0.717, 1.165) is 0 Å². The van der Waals surface area contributed by atoms with Gasteiger partial charge in [-0.3, -0.25) is 0 Å². The van der Waals surface area contributed by atoms with E-state index in [0.29, 0.717) is 12.9 Å². The molecule has 16 heavy (non-hydrogen) atoms. The summed E-state index contributed by atoms with van der Waals surface area (Å²) in [6, 6.07) is -0.0638. The van der Waals surface area contributed by atoms with Crippen LogP contribution >= 0.6 is 0 Å². The quantitative estimate of drug-likeness (QED) is 0.634. The molecule has 1 heterocycles. The summed E-state index contributed by atoms with van der Waals surface area (Å²) < 4.78 is 10.5. The molecule has 2 atom stereocenters. The van der Waals surface area contributed by atoms with Gasteiger partial charge in [0.05, 0.1) is 19.2 Å². The molecule has 0 saturated carbocycles. The predicted octanol–water partition coefficient (Wildman–Crippen LogP) is 1.21. The van der Waals surface area contributed by atoms with Gasteiger partial charge in [0, 0.05) is 0 Å². The highest BCUT2D eigenvalue weighted by molar-refractivity contribution is 5.70. The first kappa shape index (κ1) is 13.0. The first-order chi connectivity index (χ1) is 7.33. The van der Waals surface area contributed by atoms with Gasteiger partial charge in [-0.1, -0.05) is 0 Å². The van der Waals surface area contributed by atoms with Gasteiger partial charge in [-0.2, -0.15) is 0 Å². The van der Waals surface area contributed by atoms with Crippen molar-refractivity contribution < 1.29 is 19.1 Å². The Morgan fingerprint density at radius 3 is 2.62 bits per heavy atom. The van der Waals surface area contributed by atoms with Crippen molar-refractivity contribution in [3.8, 4) is 0 Å². The normalized spacial score (nSPS) is 26.4. The zero-order chi connectivity index (χ0) is 12.3. The van der Waals surface area contributed by atoms with Crippen molar-refractivity contribution in [2.75, 3.05) is 13.2 Å². The summed E-state index contributed by atoms with van der Waals surface area (Å²) in [5.74, 6) is 0. The van der Waals surface area contributed by atoms with Crippen LogP contribution in [0.25, 0.3) is 0 Å². The van der Waals surface area contributed by atoms with Crippen molar-refractivity contribution in [3.63, 3.8) is 0 Å². The summed E-state index contributed by atoms with van der Waals surface area (Å²) >= 11 is 0. The van der Waals surface area contributed by atoms with Gasteiger partial charge >= 0.3 is 6.09 Å². The first-order valence-corrected chi connectivity index (χ1v) is 5.40. The van der Waals surface area contributed by atoms with Gasteiger partial charge in [-0.15, -0.1) is 0 Å². The maximum atomic E-state index is 11.8. The summed E-state index contributed by atoms with van der Waals surface area (Å²) in [4.78, 5) is 24.0. The average Bonchev–Trinajstić information content (AvgIpc) is 2.15. The Morgan fingerprint density at radius 2 is 2.12 bits per heavy atom. The lowest BCUT2D eigenvalue weighted by Crippen LogP contribution is -2.52. The number of amides is 1. The second kappa shape index (κ2) is 4.82. The fourth-order valence-electron chi connectivity index (χ4n) is 1.44. The third kappa shape index (κ3) is 3.48. The largest absolute Gasteiger partial charge is 0.444 e. The zero-order valence-electron chi connectivity index (χ0n) is 10.2. The van der Waals surface area contributed by atoms with Gasteiger partial charge in [0.2, 0.25) is 0 Å². The molecule has 1 amide bonds. The van der Waals surface area contributed by atoms with E-state index in [9.17, 15) is 9.59 Å². The van der Waals surface area contributed by atoms with Crippen molar-refractivity contribution in [3.05, 3.63) is 0 Å². The molecule has 1 saturated heterocycles. The molecule has 1 aliphatic rings. The topological polar surface area (TPSA) is 55.8 Å². The van der Waals surface area contributed by atoms with Crippen LogP contribution in [0.5, 0.6) is 0 Å². The molecule has 0 radical (unpaired) electrons. The van der Waals surface area contributed by atoms with Gasteiger partial charge in [-0.05, 0) is 27.7 Å². The third-order valence-electron chi connectivity index (χ3n) is 2.24. The van der Waals surface area contributed by atoms with Crippen LogP contribution in [0.4, 0.5) is 4.79 Å². The van der Waals surface area contributed by atoms with E-state index in [4.69, 9.17) is 9.47 Å². The Bertz CT molecular complexity index is 272. The second-order valence-electron chi connectivity index (χ2n) is 4.99. The molecule has 0 aromatic carbocycles. The molecule has 1 aliphatic heterocycles. The lowest BCUT2D eigenvalue weighted by Gasteiger charge is -2.36. The Labute approximate surface area is 95.7 Å². The van der Waals surface area contributed by atoms with Crippen LogP contribution in [0.3, 0.4) is 0 Å². The zero-order valence-corrected chi connectivity index (χ0v) is 10.2. The van der Waals surface area contributed by atoms with Crippen molar-refractivity contribution in [2.24, 2.45) is 0 Å². The third-order valence-corrected chi connectivity index (χ3v) is 2.24. The van der Waals surface area contributed by atoms with Gasteiger partial charge in [0.25, 0.3) is 0 Å². The van der Waals surface area contributed by atoms with Crippen LogP contribution in [0.2, 0.25) is 0 Å². The molecular weight excluding hydrogens is 210 g/mol. The molecule has 0 aromatic rings. The van der Waals surface area contributed by atoms with Gasteiger partial charge in [-0.25, -0.2) is 4.79 Å². The van der Waals surface area contributed by atoms with Crippen LogP contribution in [0.15, 0.2) is 0 Å². The van der Waals surface area contributed by atoms with E-state index in [1.807, 2.05) is 27.7 Å². The standard InChI is InChI=1S/C11H19NO4/c1-8-7-15-9(6-13)5-12(8)10(14)16-11(2,3)4/h6,8-9H,5,7H2,1-4H3/t8-,9-/m1/s1. The summed E-state index contributed by atoms with van der Waals surface area (Å²) in [6.07, 6.45) is -0.220. The molecule has 5 heteroatoms. The first-order valence-electron chi connectivity index (χ1n) is 5.40. The molecule has 0 unspecified atom stereocenters. The Kier molecular flexibility index (Phi) is 3.91. The molecule has 0 spiro atoms. The number of carbonyl (C=O) groups excluding carboxylic acids is 2. The monoisotopic (exact) mass is 229 g/mol. The van der Waals surface area contributed by atoms with Gasteiger partial charge in [0.15, 0.2) is 6.29 Å². The molecule has 0 bridgehead atoms. The molecule has 1 fully saturated rings. The van der Waals surface area contributed by atoms with Crippen LogP contribution in [0.1, 0.15) is 27.7 Å². The number of hydrogen-bond acceptors (Lipinski definition) is 4. The number of rotatable bonds is 1. The van der Waals surface area contributed by atoms with Crippen LogP contribution in [0, 0.1) is 0 Å². The second-order valence-corrected chi connectivity index (χ2v) is 4.99. The molecule has 1 rings (SSSR count). The Balaban J connectivity index is 2.62. The highest BCUT2D eigenvalue weighted by Crippen LogP contribution is 2.16. The number of ether oxygens (including phenoxy) is 2. The van der Waals surface area contributed by atoms with E-state index in [1.54, 1.807) is 0 Å². The van der Waals surface area contributed by atoms with Crippen molar-refractivity contribution in [2.45, 2.75) is 45.4 Å². The fraction of sp³-hybridized carbons (Fsp3) is 0.818. The molecule has 0 aromatic heterocycles. The van der Waals surface area contributed by atoms with E-state index >= 15 is 0 Å². The molecule has 92 valence electrons. The van der Waals surface area contributed by atoms with Crippen molar-refractivity contribution in [1.82, 2.24) is 4.90 Å². The lowest BCUT2D eigenvalue weighted by atomic mass is 10.2. The Hall–Kier alpha value is -1.10. The minimum Gasteiger partial charge on any atom is -0.444 e. The molecule has 0 aliphatic carbocycles. The highest BCUT2D eigenvalue weighted by Gasteiger charge is 2.32. The summed E-state index contributed by atoms with van der Waals surface area (Å²) in [6.45, 7) is 7.93. The number of nitrogens with zero attached hydrogens (tertiary/aromatic N) is 1. The average molecular weight is 229 g/mol. The van der Waals surface area contributed by atoms with Gasteiger partial charge in [0.1, 0.15) is 11.7 Å². The molecular formula is C11H19NO4. The van der Waals surface area contributed by atoms with Crippen molar-refractivity contribution in [1.29, 1.82) is 0 Å². The highest BCUT2D eigenvalue weighted by atomic mass is 16.6. The van der Waals surface area contributed by atoms with E-state index in [1.165, 1.54) is 4.90 Å². The van der Waals surface area contributed by atoms with E-state index in [-0.39, 0.29) is 12.6 Å². The maximum Gasteiger partial charge on any atom is 0.410 e. The minimum absolute atomic E-state index is 0.0638. The number of aldehydes is 1. The predicted molar refractivity (Wildman–Crippen MR) is 58.2 cm³/mol. The SMILES string of the molecule is C[C@@H]1CO[C@@H](C=O)CN1C(=O)OC(C)(C)C.